The average molecular weight is 340 g/mol. The summed E-state index contributed by atoms with van der Waals surface area (Å²) in [7, 11) is 0. The molecular weight excluding hydrogens is 328 g/mol. The van der Waals surface area contributed by atoms with Crippen LogP contribution in [0.5, 0.6) is 0 Å². The molecule has 3 nitrogen and oxygen atoms in total. The third-order valence-corrected chi connectivity index (χ3v) is 3.65. The Morgan fingerprint density at radius 1 is 1.26 bits per heavy atom. The van der Waals surface area contributed by atoms with Gasteiger partial charge in [0.05, 0.1) is 10.7 Å². The zero-order chi connectivity index (χ0) is 14.0. The Kier molecular flexibility index (Phi) is 4.12. The number of hydrogen-bond acceptors (Lipinski definition) is 2. The van der Waals surface area contributed by atoms with Crippen LogP contribution in [0.2, 0.25) is 5.02 Å². The number of carbonyl (C=O) groups is 1. The van der Waals surface area contributed by atoms with Crippen LogP contribution in [0.3, 0.4) is 0 Å². The molecule has 2 aromatic carbocycles. The second kappa shape index (κ2) is 5.63. The maximum atomic E-state index is 12.1. The van der Waals surface area contributed by atoms with Gasteiger partial charge >= 0.3 is 0 Å². The molecule has 0 aliphatic carbocycles. The Morgan fingerprint density at radius 3 is 2.68 bits per heavy atom. The summed E-state index contributed by atoms with van der Waals surface area (Å²) < 4.78 is 0.690. The lowest BCUT2D eigenvalue weighted by Crippen LogP contribution is -2.12. The highest BCUT2D eigenvalue weighted by Gasteiger charge is 2.10. The minimum absolute atomic E-state index is 0.229. The van der Waals surface area contributed by atoms with Gasteiger partial charge in [-0.25, -0.2) is 0 Å². The van der Waals surface area contributed by atoms with Gasteiger partial charge in [-0.15, -0.1) is 0 Å². The molecule has 0 aliphatic rings. The standard InChI is InChI=1S/C14H12BrClN2O/c1-8-2-4-11(16)13(6-8)18-14(19)9-3-5-12(17)10(15)7-9/h2-7H,17H2,1H3,(H,18,19). The monoisotopic (exact) mass is 338 g/mol. The van der Waals surface area contributed by atoms with Gasteiger partial charge in [-0.3, -0.25) is 4.79 Å². The first kappa shape index (κ1) is 13.9. The van der Waals surface area contributed by atoms with Crippen molar-refractivity contribution < 1.29 is 4.79 Å². The fourth-order valence-electron chi connectivity index (χ4n) is 1.60. The number of rotatable bonds is 2. The Hall–Kier alpha value is -1.52. The van der Waals surface area contributed by atoms with Crippen molar-refractivity contribution >= 4 is 44.8 Å². The fraction of sp³-hybridized carbons (Fsp3) is 0.0714. The van der Waals surface area contributed by atoms with Crippen LogP contribution in [0, 0.1) is 6.92 Å². The summed E-state index contributed by atoms with van der Waals surface area (Å²) in [6, 6.07) is 10.5. The number of benzene rings is 2. The normalized spacial score (nSPS) is 10.3. The lowest BCUT2D eigenvalue weighted by molar-refractivity contribution is 0.102. The number of halogens is 2. The fourth-order valence-corrected chi connectivity index (χ4v) is 2.14. The smallest absolute Gasteiger partial charge is 0.255 e. The maximum absolute atomic E-state index is 12.1. The van der Waals surface area contributed by atoms with Crippen LogP contribution in [0.15, 0.2) is 40.9 Å². The molecule has 0 saturated heterocycles. The summed E-state index contributed by atoms with van der Waals surface area (Å²) in [6.07, 6.45) is 0. The van der Waals surface area contributed by atoms with Gasteiger partial charge < -0.3 is 11.1 Å². The summed E-state index contributed by atoms with van der Waals surface area (Å²) in [5, 5.41) is 3.29. The van der Waals surface area contributed by atoms with Crippen molar-refractivity contribution in [2.24, 2.45) is 0 Å². The molecule has 0 aromatic heterocycles. The third-order valence-electron chi connectivity index (χ3n) is 2.63. The summed E-state index contributed by atoms with van der Waals surface area (Å²) in [5.41, 5.74) is 8.41. The van der Waals surface area contributed by atoms with E-state index in [9.17, 15) is 4.79 Å². The predicted octanol–water partition coefficient (Wildman–Crippen LogP) is 4.25. The van der Waals surface area contributed by atoms with E-state index in [-0.39, 0.29) is 5.91 Å². The van der Waals surface area contributed by atoms with Gasteiger partial charge in [0.2, 0.25) is 0 Å². The van der Waals surface area contributed by atoms with E-state index in [0.29, 0.717) is 26.4 Å². The van der Waals surface area contributed by atoms with Gasteiger partial charge in [0, 0.05) is 15.7 Å². The highest BCUT2D eigenvalue weighted by molar-refractivity contribution is 9.10. The van der Waals surface area contributed by atoms with Crippen LogP contribution in [0.1, 0.15) is 15.9 Å². The molecule has 5 heteroatoms. The Morgan fingerprint density at radius 2 is 2.00 bits per heavy atom. The van der Waals surface area contributed by atoms with Gasteiger partial charge in [0.15, 0.2) is 0 Å². The number of nitrogens with two attached hydrogens (primary N) is 1. The SMILES string of the molecule is Cc1ccc(Cl)c(NC(=O)c2ccc(N)c(Br)c2)c1. The van der Waals surface area contributed by atoms with Crippen LogP contribution in [-0.4, -0.2) is 5.91 Å². The molecule has 0 saturated carbocycles. The molecule has 0 spiro atoms. The maximum Gasteiger partial charge on any atom is 0.255 e. The van der Waals surface area contributed by atoms with E-state index >= 15 is 0 Å². The molecule has 0 unspecified atom stereocenters. The number of hydrogen-bond donors (Lipinski definition) is 2. The van der Waals surface area contributed by atoms with Crippen molar-refractivity contribution in [3.8, 4) is 0 Å². The van der Waals surface area contributed by atoms with Gasteiger partial charge in [0.25, 0.3) is 5.91 Å². The summed E-state index contributed by atoms with van der Waals surface area (Å²) in [6.45, 7) is 1.94. The number of aryl methyl sites for hydroxylation is 1. The largest absolute Gasteiger partial charge is 0.398 e. The molecule has 2 rings (SSSR count). The topological polar surface area (TPSA) is 55.1 Å². The molecule has 98 valence electrons. The number of amides is 1. The first-order chi connectivity index (χ1) is 8.97. The molecule has 0 aliphatic heterocycles. The lowest BCUT2D eigenvalue weighted by Gasteiger charge is -2.09. The Bertz CT molecular complexity index is 643. The summed E-state index contributed by atoms with van der Waals surface area (Å²) in [4.78, 5) is 12.1. The quantitative estimate of drug-likeness (QED) is 0.804. The van der Waals surface area contributed by atoms with E-state index in [4.69, 9.17) is 17.3 Å². The molecular formula is C14H12BrClN2O. The molecule has 3 N–H and O–H groups in total. The van der Waals surface area contributed by atoms with Crippen molar-refractivity contribution in [1.29, 1.82) is 0 Å². The zero-order valence-corrected chi connectivity index (χ0v) is 12.5. The number of carbonyl (C=O) groups excluding carboxylic acids is 1. The number of nitrogen functional groups attached to an aromatic ring is 1. The van der Waals surface area contributed by atoms with Crippen molar-refractivity contribution in [3.05, 3.63) is 57.0 Å². The molecule has 2 aromatic rings. The van der Waals surface area contributed by atoms with Crippen molar-refractivity contribution in [1.82, 2.24) is 0 Å². The summed E-state index contributed by atoms with van der Waals surface area (Å²) in [5.74, 6) is -0.229. The highest BCUT2D eigenvalue weighted by Crippen LogP contribution is 2.25. The van der Waals surface area contributed by atoms with Crippen molar-refractivity contribution in [2.75, 3.05) is 11.1 Å². The number of nitrogens with one attached hydrogen (secondary N) is 1. The Labute approximate surface area is 124 Å². The predicted molar refractivity (Wildman–Crippen MR) is 82.7 cm³/mol. The first-order valence-corrected chi connectivity index (χ1v) is 6.77. The van der Waals surface area contributed by atoms with Crippen LogP contribution >= 0.6 is 27.5 Å². The molecule has 0 bridgehead atoms. The second-order valence-corrected chi connectivity index (χ2v) is 5.44. The zero-order valence-electron chi connectivity index (χ0n) is 10.2. The Balaban J connectivity index is 2.25. The van der Waals surface area contributed by atoms with Gasteiger partial charge in [-0.05, 0) is 58.7 Å². The molecule has 0 atom stereocenters. The van der Waals surface area contributed by atoms with E-state index in [0.717, 1.165) is 5.56 Å². The van der Waals surface area contributed by atoms with Gasteiger partial charge in [-0.1, -0.05) is 17.7 Å². The minimum Gasteiger partial charge on any atom is -0.398 e. The lowest BCUT2D eigenvalue weighted by atomic mass is 10.1. The molecule has 0 fully saturated rings. The molecule has 19 heavy (non-hydrogen) atoms. The molecule has 1 amide bonds. The highest BCUT2D eigenvalue weighted by atomic mass is 79.9. The van der Waals surface area contributed by atoms with E-state index in [2.05, 4.69) is 21.2 Å². The van der Waals surface area contributed by atoms with Crippen molar-refractivity contribution in [2.45, 2.75) is 6.92 Å². The van der Waals surface area contributed by atoms with E-state index < -0.39 is 0 Å². The van der Waals surface area contributed by atoms with Crippen LogP contribution in [-0.2, 0) is 0 Å². The van der Waals surface area contributed by atoms with Crippen LogP contribution in [0.4, 0.5) is 11.4 Å². The second-order valence-electron chi connectivity index (χ2n) is 4.17. The van der Waals surface area contributed by atoms with Crippen LogP contribution in [0.25, 0.3) is 0 Å². The van der Waals surface area contributed by atoms with Gasteiger partial charge in [-0.2, -0.15) is 0 Å². The first-order valence-electron chi connectivity index (χ1n) is 5.60. The summed E-state index contributed by atoms with van der Waals surface area (Å²) >= 11 is 9.34. The van der Waals surface area contributed by atoms with E-state index in [1.54, 1.807) is 24.3 Å². The third kappa shape index (κ3) is 3.28. The minimum atomic E-state index is -0.229. The molecule has 0 heterocycles. The molecule has 0 radical (unpaired) electrons. The average Bonchev–Trinajstić information content (AvgIpc) is 2.37. The van der Waals surface area contributed by atoms with E-state index in [1.165, 1.54) is 0 Å². The van der Waals surface area contributed by atoms with E-state index in [1.807, 2.05) is 19.1 Å². The van der Waals surface area contributed by atoms with Crippen LogP contribution < -0.4 is 11.1 Å². The number of anilines is 2. The van der Waals surface area contributed by atoms with Crippen molar-refractivity contribution in [3.63, 3.8) is 0 Å². The van der Waals surface area contributed by atoms with Gasteiger partial charge in [0.1, 0.15) is 0 Å².